The summed E-state index contributed by atoms with van der Waals surface area (Å²) in [5.41, 5.74) is 2.20. The average molecular weight is 296 g/mol. The minimum absolute atomic E-state index is 0.251. The van der Waals surface area contributed by atoms with E-state index in [4.69, 9.17) is 9.26 Å². The highest BCUT2D eigenvalue weighted by Gasteiger charge is 2.25. The molecule has 1 atom stereocenters. The second-order valence-electron chi connectivity index (χ2n) is 5.46. The van der Waals surface area contributed by atoms with E-state index in [1.54, 1.807) is 7.11 Å². The minimum atomic E-state index is 0.251. The first-order chi connectivity index (χ1) is 10.8. The van der Waals surface area contributed by atoms with Gasteiger partial charge in [0.05, 0.1) is 19.4 Å². The number of imidazole rings is 1. The third-order valence-corrected chi connectivity index (χ3v) is 4.10. The van der Waals surface area contributed by atoms with Crippen molar-refractivity contribution in [3.05, 3.63) is 48.4 Å². The third-order valence-electron chi connectivity index (χ3n) is 4.10. The summed E-state index contributed by atoms with van der Waals surface area (Å²) in [5, 5.41) is 4.11. The van der Waals surface area contributed by atoms with E-state index < -0.39 is 0 Å². The molecule has 1 unspecified atom stereocenters. The summed E-state index contributed by atoms with van der Waals surface area (Å²) in [6, 6.07) is 7.65. The van der Waals surface area contributed by atoms with Crippen molar-refractivity contribution in [2.75, 3.05) is 7.11 Å². The van der Waals surface area contributed by atoms with Gasteiger partial charge >= 0.3 is 0 Å². The zero-order valence-corrected chi connectivity index (χ0v) is 12.3. The second kappa shape index (κ2) is 5.29. The van der Waals surface area contributed by atoms with Crippen LogP contribution in [0.2, 0.25) is 0 Å². The van der Waals surface area contributed by atoms with Gasteiger partial charge in [-0.3, -0.25) is 0 Å². The van der Waals surface area contributed by atoms with Crippen molar-refractivity contribution < 1.29 is 9.26 Å². The van der Waals surface area contributed by atoms with Gasteiger partial charge in [-0.15, -0.1) is 0 Å². The Balaban J connectivity index is 1.56. The molecule has 6 nitrogen and oxygen atoms in total. The molecular weight excluding hydrogens is 280 g/mol. The minimum Gasteiger partial charge on any atom is -0.497 e. The number of fused-ring (bicyclic) bond motifs is 1. The highest BCUT2D eigenvalue weighted by Crippen LogP contribution is 2.29. The fourth-order valence-corrected chi connectivity index (χ4v) is 2.83. The summed E-state index contributed by atoms with van der Waals surface area (Å²) in [6.07, 6.45) is 5.79. The van der Waals surface area contributed by atoms with Gasteiger partial charge in [0.15, 0.2) is 0 Å². The van der Waals surface area contributed by atoms with Crippen molar-refractivity contribution in [3.8, 4) is 17.1 Å². The number of nitrogens with zero attached hydrogens (tertiary/aromatic N) is 4. The predicted molar refractivity (Wildman–Crippen MR) is 79.6 cm³/mol. The van der Waals surface area contributed by atoms with E-state index in [-0.39, 0.29) is 5.92 Å². The highest BCUT2D eigenvalue weighted by molar-refractivity contribution is 5.55. The van der Waals surface area contributed by atoms with Crippen LogP contribution in [0, 0.1) is 0 Å². The molecule has 1 aliphatic heterocycles. The molecule has 22 heavy (non-hydrogen) atoms. The maximum atomic E-state index is 5.48. The van der Waals surface area contributed by atoms with Crippen LogP contribution in [0.4, 0.5) is 0 Å². The molecule has 0 radical (unpaired) electrons. The SMILES string of the molecule is COc1ccc(-c2noc(C3CCc4cncn4C3)n2)cc1. The molecule has 0 aliphatic carbocycles. The van der Waals surface area contributed by atoms with Crippen LogP contribution in [0.25, 0.3) is 11.4 Å². The summed E-state index contributed by atoms with van der Waals surface area (Å²) in [7, 11) is 1.65. The van der Waals surface area contributed by atoms with E-state index in [0.717, 1.165) is 30.7 Å². The number of rotatable bonds is 3. The fourth-order valence-electron chi connectivity index (χ4n) is 2.83. The molecule has 4 rings (SSSR count). The molecule has 2 aromatic heterocycles. The van der Waals surface area contributed by atoms with Crippen molar-refractivity contribution in [3.63, 3.8) is 0 Å². The van der Waals surface area contributed by atoms with Crippen LogP contribution in [0.3, 0.4) is 0 Å². The first kappa shape index (κ1) is 13.1. The number of aryl methyl sites for hydroxylation is 1. The molecule has 112 valence electrons. The Morgan fingerprint density at radius 3 is 2.95 bits per heavy atom. The Kier molecular flexibility index (Phi) is 3.14. The van der Waals surface area contributed by atoms with Gasteiger partial charge in [0, 0.05) is 24.0 Å². The smallest absolute Gasteiger partial charge is 0.231 e. The van der Waals surface area contributed by atoms with Crippen LogP contribution < -0.4 is 4.74 Å². The lowest BCUT2D eigenvalue weighted by atomic mass is 9.98. The first-order valence-electron chi connectivity index (χ1n) is 7.30. The van der Waals surface area contributed by atoms with Crippen LogP contribution in [0.15, 0.2) is 41.3 Å². The van der Waals surface area contributed by atoms with Crippen LogP contribution in [-0.4, -0.2) is 26.8 Å². The molecule has 1 aliphatic rings. The van der Waals surface area contributed by atoms with E-state index in [9.17, 15) is 0 Å². The molecule has 0 saturated carbocycles. The largest absolute Gasteiger partial charge is 0.497 e. The molecule has 0 fully saturated rings. The molecule has 0 bridgehead atoms. The maximum Gasteiger partial charge on any atom is 0.231 e. The van der Waals surface area contributed by atoms with Gasteiger partial charge in [0.1, 0.15) is 5.75 Å². The fraction of sp³-hybridized carbons (Fsp3) is 0.312. The zero-order valence-electron chi connectivity index (χ0n) is 12.3. The van der Waals surface area contributed by atoms with E-state index in [1.807, 2.05) is 36.8 Å². The molecule has 1 aromatic carbocycles. The summed E-state index contributed by atoms with van der Waals surface area (Å²) < 4.78 is 12.8. The van der Waals surface area contributed by atoms with Gasteiger partial charge in [-0.05, 0) is 37.1 Å². The van der Waals surface area contributed by atoms with E-state index in [2.05, 4.69) is 19.7 Å². The Morgan fingerprint density at radius 2 is 2.14 bits per heavy atom. The molecular formula is C16H16N4O2. The Bertz CT molecular complexity index is 776. The third kappa shape index (κ3) is 2.26. The lowest BCUT2D eigenvalue weighted by Gasteiger charge is -2.20. The van der Waals surface area contributed by atoms with Crippen molar-refractivity contribution >= 4 is 0 Å². The molecule has 6 heteroatoms. The van der Waals surface area contributed by atoms with Crippen molar-refractivity contribution in [2.24, 2.45) is 0 Å². The second-order valence-corrected chi connectivity index (χ2v) is 5.46. The van der Waals surface area contributed by atoms with Gasteiger partial charge in [0.2, 0.25) is 11.7 Å². The Labute approximate surface area is 127 Å². The number of aromatic nitrogens is 4. The summed E-state index contributed by atoms with van der Waals surface area (Å²) in [4.78, 5) is 8.75. The van der Waals surface area contributed by atoms with Crippen molar-refractivity contribution in [1.29, 1.82) is 0 Å². The lowest BCUT2D eigenvalue weighted by molar-refractivity contribution is 0.318. The van der Waals surface area contributed by atoms with Gasteiger partial charge in [-0.1, -0.05) is 5.16 Å². The molecule has 3 heterocycles. The normalized spacial score (nSPS) is 17.2. The maximum absolute atomic E-state index is 5.48. The Hall–Kier alpha value is -2.63. The first-order valence-corrected chi connectivity index (χ1v) is 7.30. The summed E-state index contributed by atoms with van der Waals surface area (Å²) in [5.74, 6) is 2.38. The zero-order chi connectivity index (χ0) is 14.9. The van der Waals surface area contributed by atoms with Gasteiger partial charge in [-0.25, -0.2) is 4.98 Å². The topological polar surface area (TPSA) is 66.0 Å². The van der Waals surface area contributed by atoms with Crippen LogP contribution >= 0.6 is 0 Å². The molecule has 0 amide bonds. The van der Waals surface area contributed by atoms with Crippen molar-refractivity contribution in [1.82, 2.24) is 19.7 Å². The monoisotopic (exact) mass is 296 g/mol. The summed E-state index contributed by atoms with van der Waals surface area (Å²) >= 11 is 0. The van der Waals surface area contributed by atoms with Crippen LogP contribution in [0.1, 0.15) is 23.9 Å². The summed E-state index contributed by atoms with van der Waals surface area (Å²) in [6.45, 7) is 0.847. The van der Waals surface area contributed by atoms with E-state index in [1.165, 1.54) is 5.69 Å². The lowest BCUT2D eigenvalue weighted by Crippen LogP contribution is -2.17. The molecule has 0 N–H and O–H groups in total. The highest BCUT2D eigenvalue weighted by atomic mass is 16.5. The standard InChI is InChI=1S/C16H16N4O2/c1-21-14-6-3-11(4-7-14)15-18-16(22-19-15)12-2-5-13-8-17-10-20(13)9-12/h3-4,6-8,10,12H,2,5,9H2,1H3. The number of hydrogen-bond acceptors (Lipinski definition) is 5. The predicted octanol–water partition coefficient (Wildman–Crippen LogP) is 2.67. The van der Waals surface area contributed by atoms with E-state index in [0.29, 0.717) is 11.7 Å². The average Bonchev–Trinajstić information content (AvgIpc) is 3.23. The van der Waals surface area contributed by atoms with Crippen LogP contribution in [-0.2, 0) is 13.0 Å². The quantitative estimate of drug-likeness (QED) is 0.743. The molecule has 3 aromatic rings. The molecule has 0 spiro atoms. The number of ether oxygens (including phenoxy) is 1. The van der Waals surface area contributed by atoms with Gasteiger partial charge < -0.3 is 13.8 Å². The van der Waals surface area contributed by atoms with Crippen molar-refractivity contribution in [2.45, 2.75) is 25.3 Å². The van der Waals surface area contributed by atoms with Gasteiger partial charge in [0.25, 0.3) is 0 Å². The van der Waals surface area contributed by atoms with Crippen LogP contribution in [0.5, 0.6) is 5.75 Å². The van der Waals surface area contributed by atoms with Gasteiger partial charge in [-0.2, -0.15) is 4.98 Å². The number of hydrogen-bond donors (Lipinski definition) is 0. The number of methoxy groups -OCH3 is 1. The number of benzene rings is 1. The van der Waals surface area contributed by atoms with E-state index >= 15 is 0 Å². The Morgan fingerprint density at radius 1 is 1.27 bits per heavy atom. The molecule has 0 saturated heterocycles.